The number of nitrogens with zero attached hydrogens (tertiary/aromatic N) is 2. The van der Waals surface area contributed by atoms with Gasteiger partial charge in [0.25, 0.3) is 11.7 Å². The molecule has 0 aliphatic carbocycles. The number of nitriles is 1. The largest absolute Gasteiger partial charge is 0.507 e. The normalized spacial score (nSPS) is 16.9. The van der Waals surface area contributed by atoms with E-state index < -0.39 is 23.5 Å². The molecule has 170 valence electrons. The van der Waals surface area contributed by atoms with Gasteiger partial charge in [-0.3, -0.25) is 14.5 Å². The molecule has 1 N–H and O–H groups in total. The molecule has 1 amide bonds. The molecule has 0 aromatic heterocycles. The van der Waals surface area contributed by atoms with Crippen molar-refractivity contribution in [3.63, 3.8) is 0 Å². The Morgan fingerprint density at radius 2 is 1.76 bits per heavy atom. The number of ether oxygens (including phenoxy) is 2. The van der Waals surface area contributed by atoms with Crippen molar-refractivity contribution < 1.29 is 24.2 Å². The highest BCUT2D eigenvalue weighted by atomic mass is 35.5. The Bertz CT molecular complexity index is 1360. The fourth-order valence-corrected chi connectivity index (χ4v) is 4.10. The molecule has 34 heavy (non-hydrogen) atoms. The van der Waals surface area contributed by atoms with E-state index in [2.05, 4.69) is 0 Å². The van der Waals surface area contributed by atoms with Crippen molar-refractivity contribution in [2.24, 2.45) is 0 Å². The Morgan fingerprint density at radius 1 is 1.03 bits per heavy atom. The number of hydrogen-bond acceptors (Lipinski definition) is 6. The number of ketones is 1. The van der Waals surface area contributed by atoms with E-state index >= 15 is 0 Å². The predicted molar refractivity (Wildman–Crippen MR) is 127 cm³/mol. The fraction of sp³-hybridized carbons (Fsp3) is 0.115. The maximum Gasteiger partial charge on any atom is 0.300 e. The first-order valence-electron chi connectivity index (χ1n) is 10.2. The molecule has 1 fully saturated rings. The van der Waals surface area contributed by atoms with Gasteiger partial charge >= 0.3 is 0 Å². The molecule has 1 saturated heterocycles. The lowest BCUT2D eigenvalue weighted by Crippen LogP contribution is -2.29. The summed E-state index contributed by atoms with van der Waals surface area (Å²) in [5, 5.41) is 20.8. The Labute approximate surface area is 201 Å². The van der Waals surface area contributed by atoms with Gasteiger partial charge in [0.2, 0.25) is 0 Å². The number of methoxy groups -OCH3 is 2. The number of benzene rings is 3. The molecule has 1 heterocycles. The van der Waals surface area contributed by atoms with Gasteiger partial charge in [0.1, 0.15) is 17.3 Å². The number of aliphatic hydroxyl groups is 1. The average Bonchev–Trinajstić information content (AvgIpc) is 3.14. The zero-order valence-corrected chi connectivity index (χ0v) is 19.0. The lowest BCUT2D eigenvalue weighted by molar-refractivity contribution is -0.132. The van der Waals surface area contributed by atoms with Crippen molar-refractivity contribution in [3.05, 3.63) is 94.0 Å². The van der Waals surface area contributed by atoms with Crippen molar-refractivity contribution in [2.75, 3.05) is 19.1 Å². The summed E-state index contributed by atoms with van der Waals surface area (Å²) >= 11 is 6.14. The summed E-state index contributed by atoms with van der Waals surface area (Å²) < 4.78 is 10.7. The summed E-state index contributed by atoms with van der Waals surface area (Å²) in [6, 6.07) is 18.8. The van der Waals surface area contributed by atoms with E-state index in [1.54, 1.807) is 60.7 Å². The zero-order valence-electron chi connectivity index (χ0n) is 18.3. The number of amides is 1. The number of anilines is 1. The molecule has 0 spiro atoms. The molecular formula is C26H19ClN2O5. The maximum atomic E-state index is 13.3. The van der Waals surface area contributed by atoms with Crippen LogP contribution in [-0.2, 0) is 9.59 Å². The lowest BCUT2D eigenvalue weighted by Gasteiger charge is -2.26. The maximum absolute atomic E-state index is 13.3. The highest BCUT2D eigenvalue weighted by Crippen LogP contribution is 2.44. The molecule has 1 aliphatic rings. The van der Waals surface area contributed by atoms with Crippen LogP contribution in [0.25, 0.3) is 5.76 Å². The Kier molecular flexibility index (Phi) is 6.26. The first-order valence-corrected chi connectivity index (χ1v) is 10.6. The molecule has 1 unspecified atom stereocenters. The standard InChI is InChI=1S/C26H19ClN2O5/c1-33-19-5-3-4-16(12-19)23-22(24(30)20-13-17(27)8-11-21(20)34-2)25(31)26(32)29(23)18-9-6-15(14-28)7-10-18/h3-13,23,30H,1-2H3/b24-22+. The second-order valence-electron chi connectivity index (χ2n) is 7.45. The molecule has 1 aliphatic heterocycles. The number of Topliss-reactive ketones (excluding diaryl/α,β-unsaturated/α-hetero) is 1. The third-order valence-electron chi connectivity index (χ3n) is 5.55. The third kappa shape index (κ3) is 3.96. The van der Waals surface area contributed by atoms with Crippen LogP contribution in [0.3, 0.4) is 0 Å². The minimum atomic E-state index is -0.966. The molecule has 1 atom stereocenters. The zero-order chi connectivity index (χ0) is 24.4. The van der Waals surface area contributed by atoms with Crippen LogP contribution < -0.4 is 14.4 Å². The van der Waals surface area contributed by atoms with E-state index in [0.29, 0.717) is 27.6 Å². The van der Waals surface area contributed by atoms with E-state index in [1.165, 1.54) is 25.2 Å². The quantitative estimate of drug-likeness (QED) is 0.322. The highest BCUT2D eigenvalue weighted by molar-refractivity contribution is 6.51. The van der Waals surface area contributed by atoms with Crippen LogP contribution in [0, 0.1) is 11.3 Å². The topological polar surface area (TPSA) is 99.9 Å². The fourth-order valence-electron chi connectivity index (χ4n) is 3.93. The molecule has 8 heteroatoms. The average molecular weight is 475 g/mol. The molecule has 3 aromatic carbocycles. The van der Waals surface area contributed by atoms with Gasteiger partial charge in [0, 0.05) is 10.7 Å². The number of hydrogen-bond donors (Lipinski definition) is 1. The SMILES string of the molecule is COc1cccc(C2/C(=C(\O)c3cc(Cl)ccc3OC)C(=O)C(=O)N2c2ccc(C#N)cc2)c1. The summed E-state index contributed by atoms with van der Waals surface area (Å²) in [7, 11) is 2.93. The molecule has 0 saturated carbocycles. The van der Waals surface area contributed by atoms with Gasteiger partial charge in [0.05, 0.1) is 43.0 Å². The smallest absolute Gasteiger partial charge is 0.300 e. The van der Waals surface area contributed by atoms with Gasteiger partial charge < -0.3 is 14.6 Å². The molecular weight excluding hydrogens is 456 g/mol. The van der Waals surface area contributed by atoms with Crippen LogP contribution in [-0.4, -0.2) is 31.0 Å². The second-order valence-corrected chi connectivity index (χ2v) is 7.89. The molecule has 0 radical (unpaired) electrons. The summed E-state index contributed by atoms with van der Waals surface area (Å²) in [5.74, 6) is -1.29. The number of halogens is 1. The lowest BCUT2D eigenvalue weighted by atomic mass is 9.94. The van der Waals surface area contributed by atoms with Crippen LogP contribution >= 0.6 is 11.6 Å². The molecule has 7 nitrogen and oxygen atoms in total. The number of carbonyl (C=O) groups is 2. The van der Waals surface area contributed by atoms with E-state index in [-0.39, 0.29) is 16.9 Å². The second kappa shape index (κ2) is 9.30. The molecule has 3 aromatic rings. The van der Waals surface area contributed by atoms with E-state index in [1.807, 2.05) is 6.07 Å². The minimum Gasteiger partial charge on any atom is -0.507 e. The van der Waals surface area contributed by atoms with Crippen molar-refractivity contribution in [1.29, 1.82) is 5.26 Å². The van der Waals surface area contributed by atoms with E-state index in [9.17, 15) is 14.7 Å². The summed E-state index contributed by atoms with van der Waals surface area (Å²) in [5.41, 5.74) is 1.40. The molecule has 0 bridgehead atoms. The Hall–Kier alpha value is -4.28. The summed E-state index contributed by atoms with van der Waals surface area (Å²) in [6.07, 6.45) is 0. The van der Waals surface area contributed by atoms with Gasteiger partial charge in [-0.1, -0.05) is 23.7 Å². The number of rotatable bonds is 5. The van der Waals surface area contributed by atoms with Crippen LogP contribution in [0.5, 0.6) is 11.5 Å². The summed E-state index contributed by atoms with van der Waals surface area (Å²) in [4.78, 5) is 27.8. The van der Waals surface area contributed by atoms with Crippen molar-refractivity contribution in [3.8, 4) is 17.6 Å². The van der Waals surface area contributed by atoms with E-state index in [4.69, 9.17) is 26.3 Å². The van der Waals surface area contributed by atoms with Crippen LogP contribution in [0.4, 0.5) is 5.69 Å². The van der Waals surface area contributed by atoms with E-state index in [0.717, 1.165) is 0 Å². The molecule has 4 rings (SSSR count). The van der Waals surface area contributed by atoms with Crippen molar-refractivity contribution in [1.82, 2.24) is 0 Å². The van der Waals surface area contributed by atoms with Gasteiger partial charge in [-0.15, -0.1) is 0 Å². The first-order chi connectivity index (χ1) is 16.4. The monoisotopic (exact) mass is 474 g/mol. The van der Waals surface area contributed by atoms with Crippen molar-refractivity contribution >= 4 is 34.7 Å². The van der Waals surface area contributed by atoms with Crippen molar-refractivity contribution in [2.45, 2.75) is 6.04 Å². The predicted octanol–water partition coefficient (Wildman–Crippen LogP) is 4.86. The number of carbonyl (C=O) groups excluding carboxylic acids is 2. The third-order valence-corrected chi connectivity index (χ3v) is 5.78. The summed E-state index contributed by atoms with van der Waals surface area (Å²) in [6.45, 7) is 0. The van der Waals surface area contributed by atoms with Crippen LogP contribution in [0.15, 0.2) is 72.3 Å². The van der Waals surface area contributed by atoms with Gasteiger partial charge in [-0.05, 0) is 60.2 Å². The minimum absolute atomic E-state index is 0.122. The highest BCUT2D eigenvalue weighted by Gasteiger charge is 2.47. The Morgan fingerprint density at radius 3 is 2.41 bits per heavy atom. The van der Waals surface area contributed by atoms with Gasteiger partial charge in [-0.2, -0.15) is 5.26 Å². The van der Waals surface area contributed by atoms with Crippen LogP contribution in [0.1, 0.15) is 22.7 Å². The van der Waals surface area contributed by atoms with Crippen LogP contribution in [0.2, 0.25) is 5.02 Å². The first kappa shape index (κ1) is 22.9. The van der Waals surface area contributed by atoms with Gasteiger partial charge in [0.15, 0.2) is 0 Å². The Balaban J connectivity index is 1.99. The van der Waals surface area contributed by atoms with Gasteiger partial charge in [-0.25, -0.2) is 0 Å². The number of aliphatic hydroxyl groups excluding tert-OH is 1.